The minimum absolute atomic E-state index is 0.599. The average Bonchev–Trinajstić information content (AvgIpc) is 3.09. The maximum Gasteiger partial charge on any atom is 0.123 e. The van der Waals surface area contributed by atoms with E-state index in [1.807, 2.05) is 54.7 Å². The molecule has 4 aromatic rings. The van der Waals surface area contributed by atoms with Crippen LogP contribution in [0, 0.1) is 0 Å². The molecule has 0 atom stereocenters. The van der Waals surface area contributed by atoms with Crippen molar-refractivity contribution in [2.75, 3.05) is 7.11 Å². The fourth-order valence-corrected chi connectivity index (χ4v) is 3.65. The number of hydrogen-bond donors (Lipinski definition) is 1. The van der Waals surface area contributed by atoms with Crippen molar-refractivity contribution in [1.82, 2.24) is 9.99 Å². The van der Waals surface area contributed by atoms with E-state index in [2.05, 4.69) is 45.6 Å². The fraction of sp³-hybridized carbons (Fsp3) is 0.125. The first-order valence-corrected chi connectivity index (χ1v) is 9.82. The van der Waals surface area contributed by atoms with Gasteiger partial charge in [0, 0.05) is 39.8 Å². The van der Waals surface area contributed by atoms with E-state index in [0.29, 0.717) is 6.54 Å². The van der Waals surface area contributed by atoms with Crippen LogP contribution >= 0.6 is 11.6 Å². The lowest BCUT2D eigenvalue weighted by Gasteiger charge is -2.07. The Kier molecular flexibility index (Phi) is 5.82. The van der Waals surface area contributed by atoms with Crippen LogP contribution in [0.2, 0.25) is 5.02 Å². The molecule has 0 bridgehead atoms. The molecule has 1 aromatic heterocycles. The molecule has 0 aliphatic carbocycles. The summed E-state index contributed by atoms with van der Waals surface area (Å²) in [6, 6.07) is 24.2. The Labute approximate surface area is 175 Å². The van der Waals surface area contributed by atoms with E-state index in [1.54, 1.807) is 7.11 Å². The van der Waals surface area contributed by atoms with Gasteiger partial charge in [-0.25, -0.2) is 0 Å². The summed E-state index contributed by atoms with van der Waals surface area (Å²) >= 11 is 6.14. The summed E-state index contributed by atoms with van der Waals surface area (Å²) in [6.07, 6.45) is 3.99. The highest BCUT2D eigenvalue weighted by atomic mass is 35.5. The van der Waals surface area contributed by atoms with E-state index in [1.165, 1.54) is 5.52 Å². The second-order valence-corrected chi connectivity index (χ2v) is 7.20. The maximum atomic E-state index is 6.14. The topological polar surface area (TPSA) is 38.5 Å². The Hall–Kier alpha value is -3.24. The second kappa shape index (κ2) is 8.84. The summed E-state index contributed by atoms with van der Waals surface area (Å²) in [5, 5.41) is 6.35. The minimum Gasteiger partial charge on any atom is -0.496 e. The van der Waals surface area contributed by atoms with Gasteiger partial charge in [-0.3, -0.25) is 0 Å². The van der Waals surface area contributed by atoms with Crippen molar-refractivity contribution in [3.63, 3.8) is 0 Å². The van der Waals surface area contributed by atoms with E-state index < -0.39 is 0 Å². The molecule has 29 heavy (non-hydrogen) atoms. The zero-order valence-corrected chi connectivity index (χ0v) is 16.9. The number of hydrazone groups is 1. The van der Waals surface area contributed by atoms with E-state index >= 15 is 0 Å². The summed E-state index contributed by atoms with van der Waals surface area (Å²) in [5.41, 5.74) is 7.58. The third-order valence-electron chi connectivity index (χ3n) is 4.82. The van der Waals surface area contributed by atoms with Crippen molar-refractivity contribution in [2.45, 2.75) is 13.1 Å². The molecule has 0 unspecified atom stereocenters. The summed E-state index contributed by atoms with van der Waals surface area (Å²) in [6.45, 7) is 1.35. The Balaban J connectivity index is 1.54. The predicted octanol–water partition coefficient (Wildman–Crippen LogP) is 5.48. The first kappa shape index (κ1) is 19.1. The monoisotopic (exact) mass is 403 g/mol. The Morgan fingerprint density at radius 2 is 1.86 bits per heavy atom. The quantitative estimate of drug-likeness (QED) is 0.328. The zero-order valence-electron chi connectivity index (χ0n) is 16.2. The molecule has 0 amide bonds. The molecule has 0 aliphatic heterocycles. The van der Waals surface area contributed by atoms with Crippen molar-refractivity contribution in [3.05, 3.63) is 101 Å². The van der Waals surface area contributed by atoms with Crippen LogP contribution in [0.15, 0.2) is 84.1 Å². The van der Waals surface area contributed by atoms with Gasteiger partial charge in [0.1, 0.15) is 5.75 Å². The minimum atomic E-state index is 0.599. The molecule has 0 saturated carbocycles. The maximum absolute atomic E-state index is 6.14. The van der Waals surface area contributed by atoms with Gasteiger partial charge in [-0.05, 0) is 29.8 Å². The van der Waals surface area contributed by atoms with Gasteiger partial charge in [0.2, 0.25) is 0 Å². The van der Waals surface area contributed by atoms with E-state index in [4.69, 9.17) is 16.3 Å². The molecule has 146 valence electrons. The third-order valence-corrected chi connectivity index (χ3v) is 5.05. The number of aromatic nitrogens is 1. The van der Waals surface area contributed by atoms with Crippen LogP contribution in [-0.2, 0) is 13.1 Å². The van der Waals surface area contributed by atoms with Crippen LogP contribution in [-0.4, -0.2) is 17.9 Å². The van der Waals surface area contributed by atoms with Gasteiger partial charge in [0.15, 0.2) is 0 Å². The van der Waals surface area contributed by atoms with E-state index in [0.717, 1.165) is 39.4 Å². The van der Waals surface area contributed by atoms with E-state index in [9.17, 15) is 0 Å². The summed E-state index contributed by atoms with van der Waals surface area (Å²) in [7, 11) is 1.68. The largest absolute Gasteiger partial charge is 0.496 e. The van der Waals surface area contributed by atoms with E-state index in [-0.39, 0.29) is 0 Å². The molecule has 1 heterocycles. The predicted molar refractivity (Wildman–Crippen MR) is 120 cm³/mol. The highest BCUT2D eigenvalue weighted by Gasteiger charge is 2.07. The second-order valence-electron chi connectivity index (χ2n) is 6.76. The first-order valence-electron chi connectivity index (χ1n) is 9.45. The van der Waals surface area contributed by atoms with Crippen LogP contribution in [0.1, 0.15) is 16.7 Å². The molecule has 0 fully saturated rings. The average molecular weight is 404 g/mol. The van der Waals surface area contributed by atoms with Crippen molar-refractivity contribution < 1.29 is 4.74 Å². The number of nitrogens with one attached hydrogen (secondary N) is 1. The lowest BCUT2D eigenvalue weighted by molar-refractivity contribution is 0.408. The molecule has 1 N–H and O–H groups in total. The number of halogens is 1. The van der Waals surface area contributed by atoms with Gasteiger partial charge in [0.25, 0.3) is 0 Å². The van der Waals surface area contributed by atoms with Crippen molar-refractivity contribution >= 4 is 28.7 Å². The molecule has 0 saturated heterocycles. The molecule has 4 rings (SSSR count). The molecular weight excluding hydrogens is 382 g/mol. The molecule has 0 aliphatic rings. The lowest BCUT2D eigenvalue weighted by atomic mass is 10.2. The zero-order chi connectivity index (χ0) is 20.1. The van der Waals surface area contributed by atoms with Gasteiger partial charge in [-0.2, -0.15) is 5.10 Å². The highest BCUT2D eigenvalue weighted by Crippen LogP contribution is 2.22. The number of benzene rings is 3. The fourth-order valence-electron chi connectivity index (χ4n) is 3.44. The van der Waals surface area contributed by atoms with Gasteiger partial charge < -0.3 is 14.7 Å². The molecule has 0 radical (unpaired) electrons. The SMILES string of the molecule is COc1ccccc1CN/N=C\c1cn(Cc2cccc(Cl)c2)c2ccccc12. The number of rotatable bonds is 7. The third kappa shape index (κ3) is 4.44. The van der Waals surface area contributed by atoms with Crippen LogP contribution in [0.3, 0.4) is 0 Å². The van der Waals surface area contributed by atoms with Crippen LogP contribution < -0.4 is 10.2 Å². The first-order chi connectivity index (χ1) is 14.2. The lowest BCUT2D eigenvalue weighted by Crippen LogP contribution is -2.06. The normalized spacial score (nSPS) is 11.2. The Morgan fingerprint density at radius 3 is 2.72 bits per heavy atom. The summed E-state index contributed by atoms with van der Waals surface area (Å²) in [4.78, 5) is 0. The number of fused-ring (bicyclic) bond motifs is 1. The standard InChI is InChI=1S/C24H22ClN3O/c1-29-24-12-5-2-8-19(24)14-26-27-15-20-17-28(23-11-4-3-10-22(20)23)16-18-7-6-9-21(25)13-18/h2-13,15,17,26H,14,16H2,1H3/b27-15-. The Bertz CT molecular complexity index is 1150. The smallest absolute Gasteiger partial charge is 0.123 e. The van der Waals surface area contributed by atoms with Crippen molar-refractivity contribution in [2.24, 2.45) is 5.10 Å². The number of methoxy groups -OCH3 is 1. The van der Waals surface area contributed by atoms with Crippen LogP contribution in [0.4, 0.5) is 0 Å². The van der Waals surface area contributed by atoms with Crippen LogP contribution in [0.5, 0.6) is 5.75 Å². The molecule has 3 aromatic carbocycles. The molecule has 5 heteroatoms. The van der Waals surface area contributed by atoms with Crippen molar-refractivity contribution in [3.8, 4) is 5.75 Å². The number of hydrogen-bond acceptors (Lipinski definition) is 3. The summed E-state index contributed by atoms with van der Waals surface area (Å²) in [5.74, 6) is 0.855. The van der Waals surface area contributed by atoms with Gasteiger partial charge >= 0.3 is 0 Å². The number of nitrogens with zero attached hydrogens (tertiary/aromatic N) is 2. The summed E-state index contributed by atoms with van der Waals surface area (Å²) < 4.78 is 7.61. The molecular formula is C24H22ClN3O. The number of ether oxygens (including phenoxy) is 1. The van der Waals surface area contributed by atoms with Crippen molar-refractivity contribution in [1.29, 1.82) is 0 Å². The number of para-hydroxylation sites is 2. The highest BCUT2D eigenvalue weighted by molar-refractivity contribution is 6.30. The van der Waals surface area contributed by atoms with Gasteiger partial charge in [-0.1, -0.05) is 60.1 Å². The van der Waals surface area contributed by atoms with Gasteiger partial charge in [0.05, 0.1) is 19.9 Å². The molecule has 0 spiro atoms. The van der Waals surface area contributed by atoms with Crippen LogP contribution in [0.25, 0.3) is 10.9 Å². The van der Waals surface area contributed by atoms with Gasteiger partial charge in [-0.15, -0.1) is 0 Å². The molecule has 4 nitrogen and oxygen atoms in total. The Morgan fingerprint density at radius 1 is 1.03 bits per heavy atom.